The molecule has 4 aromatic carbocycles. The predicted molar refractivity (Wildman–Crippen MR) is 156 cm³/mol. The minimum Gasteiger partial charge on any atom is -0.329 e. The van der Waals surface area contributed by atoms with Crippen LogP contribution in [-0.2, 0) is 0 Å². The molecule has 4 heterocycles. The maximum Gasteiger partial charge on any atom is 0.0854 e. The number of anilines is 4. The Morgan fingerprint density at radius 2 is 0.921 bits per heavy atom. The largest absolute Gasteiger partial charge is 0.329 e. The maximum absolute atomic E-state index is 2.63. The van der Waals surface area contributed by atoms with E-state index in [2.05, 4.69) is 119 Å². The van der Waals surface area contributed by atoms with Crippen LogP contribution in [0.1, 0.15) is 47.2 Å². The van der Waals surface area contributed by atoms with Gasteiger partial charge in [-0.3, -0.25) is 0 Å². The van der Waals surface area contributed by atoms with Crippen molar-refractivity contribution in [1.29, 1.82) is 0 Å². The SMILES string of the molecule is C1=C2C(=CC1)C1c3cccc4c3-c3c(cccc3N3c5ccccc5C5=CCC=C5C43)N1c1ccccc12. The summed E-state index contributed by atoms with van der Waals surface area (Å²) in [6.07, 6.45) is 11.8. The molecule has 2 unspecified atom stereocenters. The first-order valence-corrected chi connectivity index (χ1v) is 13.7. The lowest BCUT2D eigenvalue weighted by Crippen LogP contribution is -2.38. The standard InChI is InChI=1S/C36H24N2/c1-3-17-29-23(9-1)21-11-5-13-25(21)35-27-15-7-16-28-33(27)34-31(37(29)35)19-8-20-32(34)38-30-18-4-2-10-24(30)22-12-6-14-26(22)36(28)38/h1-4,7-20,35-36H,5-6H2. The van der Waals surface area contributed by atoms with Crippen molar-refractivity contribution in [3.8, 4) is 11.1 Å². The van der Waals surface area contributed by atoms with Crippen molar-refractivity contribution in [3.63, 3.8) is 0 Å². The molecule has 2 heteroatoms. The first-order chi connectivity index (χ1) is 18.9. The summed E-state index contributed by atoms with van der Waals surface area (Å²) in [6.45, 7) is 0. The number of hydrogen-bond acceptors (Lipinski definition) is 2. The highest BCUT2D eigenvalue weighted by Crippen LogP contribution is 2.66. The summed E-state index contributed by atoms with van der Waals surface area (Å²) in [5, 5.41) is 0. The van der Waals surface area contributed by atoms with Crippen LogP contribution in [0.3, 0.4) is 0 Å². The van der Waals surface area contributed by atoms with Crippen molar-refractivity contribution < 1.29 is 0 Å². The molecule has 0 amide bonds. The molecule has 0 fully saturated rings. The van der Waals surface area contributed by atoms with Crippen molar-refractivity contribution >= 4 is 33.9 Å². The van der Waals surface area contributed by atoms with Crippen molar-refractivity contribution in [2.75, 3.05) is 9.80 Å². The highest BCUT2D eigenvalue weighted by atomic mass is 15.2. The molecule has 0 N–H and O–H groups in total. The fraction of sp³-hybridized carbons (Fsp3) is 0.111. The average molecular weight is 485 g/mol. The molecule has 10 rings (SSSR count). The number of allylic oxidation sites excluding steroid dienone is 4. The van der Waals surface area contributed by atoms with Crippen LogP contribution in [-0.4, -0.2) is 0 Å². The van der Waals surface area contributed by atoms with Crippen molar-refractivity contribution in [2.45, 2.75) is 24.9 Å². The number of fused-ring (bicyclic) bond motifs is 16. The summed E-state index contributed by atoms with van der Waals surface area (Å²) < 4.78 is 0. The number of hydrogen-bond donors (Lipinski definition) is 0. The molecule has 0 spiro atoms. The van der Waals surface area contributed by atoms with Gasteiger partial charge in [0.05, 0.1) is 23.5 Å². The van der Waals surface area contributed by atoms with Crippen LogP contribution in [0.4, 0.5) is 22.7 Å². The zero-order valence-corrected chi connectivity index (χ0v) is 20.9. The van der Waals surface area contributed by atoms with Gasteiger partial charge in [0.25, 0.3) is 0 Å². The lowest BCUT2D eigenvalue weighted by Gasteiger charge is -2.51. The third-order valence-corrected chi connectivity index (χ3v) is 9.46. The molecule has 4 aliphatic heterocycles. The lowest BCUT2D eigenvalue weighted by atomic mass is 9.71. The summed E-state index contributed by atoms with van der Waals surface area (Å²) in [4.78, 5) is 5.26. The van der Waals surface area contributed by atoms with E-state index < -0.39 is 0 Å². The lowest BCUT2D eigenvalue weighted by molar-refractivity contribution is 0.761. The zero-order chi connectivity index (χ0) is 24.5. The second-order valence-electron chi connectivity index (χ2n) is 11.1. The van der Waals surface area contributed by atoms with E-state index in [1.54, 1.807) is 0 Å². The Labute approximate surface area is 222 Å². The van der Waals surface area contributed by atoms with Gasteiger partial charge in [0.2, 0.25) is 0 Å². The summed E-state index contributed by atoms with van der Waals surface area (Å²) in [5.74, 6) is 0. The number of benzene rings is 4. The molecule has 2 aliphatic carbocycles. The number of rotatable bonds is 0. The van der Waals surface area contributed by atoms with Gasteiger partial charge in [-0.25, -0.2) is 0 Å². The van der Waals surface area contributed by atoms with Crippen LogP contribution in [0.5, 0.6) is 0 Å². The van der Waals surface area contributed by atoms with Gasteiger partial charge in [0.15, 0.2) is 0 Å². The molecule has 6 aliphatic rings. The monoisotopic (exact) mass is 484 g/mol. The normalized spacial score (nSPS) is 22.0. The summed E-state index contributed by atoms with van der Waals surface area (Å²) in [7, 11) is 0. The first kappa shape index (κ1) is 19.5. The molecular formula is C36H24N2. The Morgan fingerprint density at radius 1 is 0.447 bits per heavy atom. The number of para-hydroxylation sites is 2. The Balaban J connectivity index is 1.35. The van der Waals surface area contributed by atoms with Crippen LogP contribution < -0.4 is 9.80 Å². The van der Waals surface area contributed by atoms with E-state index in [-0.39, 0.29) is 12.1 Å². The molecule has 178 valence electrons. The van der Waals surface area contributed by atoms with E-state index in [1.807, 2.05) is 0 Å². The Morgan fingerprint density at radius 3 is 1.47 bits per heavy atom. The maximum atomic E-state index is 2.63. The molecule has 2 nitrogen and oxygen atoms in total. The van der Waals surface area contributed by atoms with Gasteiger partial charge in [0.1, 0.15) is 0 Å². The van der Waals surface area contributed by atoms with Gasteiger partial charge in [-0.2, -0.15) is 0 Å². The molecule has 2 atom stereocenters. The van der Waals surface area contributed by atoms with E-state index in [9.17, 15) is 0 Å². The smallest absolute Gasteiger partial charge is 0.0854 e. The highest BCUT2D eigenvalue weighted by molar-refractivity contribution is 6.08. The molecule has 0 radical (unpaired) electrons. The average Bonchev–Trinajstić information content (AvgIpc) is 3.67. The summed E-state index contributed by atoms with van der Waals surface area (Å²) in [6, 6.07) is 32.5. The third-order valence-electron chi connectivity index (χ3n) is 9.46. The fourth-order valence-corrected chi connectivity index (χ4v) is 8.16. The molecule has 38 heavy (non-hydrogen) atoms. The third kappa shape index (κ3) is 2.11. The fourth-order valence-electron chi connectivity index (χ4n) is 8.16. The highest BCUT2D eigenvalue weighted by Gasteiger charge is 2.48. The van der Waals surface area contributed by atoms with Crippen LogP contribution in [0.25, 0.3) is 22.3 Å². The van der Waals surface area contributed by atoms with Gasteiger partial charge >= 0.3 is 0 Å². The van der Waals surface area contributed by atoms with E-state index in [4.69, 9.17) is 0 Å². The van der Waals surface area contributed by atoms with Crippen LogP contribution in [0, 0.1) is 0 Å². The Bertz CT molecular complexity index is 1770. The van der Waals surface area contributed by atoms with Crippen LogP contribution in [0.2, 0.25) is 0 Å². The van der Waals surface area contributed by atoms with E-state index in [0.29, 0.717) is 0 Å². The molecular weight excluding hydrogens is 460 g/mol. The molecule has 0 bridgehead atoms. The Kier molecular flexibility index (Phi) is 3.42. The van der Waals surface area contributed by atoms with Crippen molar-refractivity contribution in [3.05, 3.63) is 143 Å². The topological polar surface area (TPSA) is 6.48 Å². The van der Waals surface area contributed by atoms with E-state index in [1.165, 1.54) is 78.4 Å². The van der Waals surface area contributed by atoms with Gasteiger partial charge < -0.3 is 9.80 Å². The molecule has 0 saturated heterocycles. The Hall–Kier alpha value is -4.56. The van der Waals surface area contributed by atoms with Gasteiger partial charge in [0, 0.05) is 28.1 Å². The quantitative estimate of drug-likeness (QED) is 0.245. The molecule has 0 aromatic heterocycles. The minimum atomic E-state index is 0.200. The summed E-state index contributed by atoms with van der Waals surface area (Å²) in [5.41, 5.74) is 19.5. The molecule has 0 saturated carbocycles. The van der Waals surface area contributed by atoms with Gasteiger partial charge in [-0.05, 0) is 76.1 Å². The minimum absolute atomic E-state index is 0.200. The number of nitrogens with zero attached hydrogens (tertiary/aromatic N) is 2. The van der Waals surface area contributed by atoms with Crippen LogP contribution >= 0.6 is 0 Å². The van der Waals surface area contributed by atoms with E-state index in [0.717, 1.165) is 12.8 Å². The molecule has 4 aromatic rings. The van der Waals surface area contributed by atoms with Gasteiger partial charge in [-0.1, -0.05) is 85.0 Å². The second-order valence-corrected chi connectivity index (χ2v) is 11.1. The van der Waals surface area contributed by atoms with Gasteiger partial charge in [-0.15, -0.1) is 0 Å². The van der Waals surface area contributed by atoms with Crippen LogP contribution in [0.15, 0.2) is 120 Å². The first-order valence-electron chi connectivity index (χ1n) is 13.7. The van der Waals surface area contributed by atoms with Crippen molar-refractivity contribution in [2.24, 2.45) is 0 Å². The predicted octanol–water partition coefficient (Wildman–Crippen LogP) is 9.19. The van der Waals surface area contributed by atoms with Crippen molar-refractivity contribution in [1.82, 2.24) is 0 Å². The van der Waals surface area contributed by atoms with E-state index >= 15 is 0 Å². The summed E-state index contributed by atoms with van der Waals surface area (Å²) >= 11 is 0. The zero-order valence-electron chi connectivity index (χ0n) is 20.9. The second kappa shape index (κ2) is 6.65.